The number of fused-ring (bicyclic) bond motifs is 2. The molecule has 2 aliphatic heterocycles. The number of nitrogens with one attached hydrogen (secondary N) is 1. The predicted octanol–water partition coefficient (Wildman–Crippen LogP) is 1.46. The smallest absolute Gasteiger partial charge is 0.243 e. The zero-order valence-corrected chi connectivity index (χ0v) is 13.9. The summed E-state index contributed by atoms with van der Waals surface area (Å²) >= 11 is 0. The maximum absolute atomic E-state index is 13.0. The van der Waals surface area contributed by atoms with E-state index in [0.717, 1.165) is 32.1 Å². The van der Waals surface area contributed by atoms with Crippen LogP contribution in [-0.4, -0.2) is 37.8 Å². The molecular formula is C17H22N2O3S. The molecule has 1 aromatic carbocycles. The van der Waals surface area contributed by atoms with Gasteiger partial charge in [-0.3, -0.25) is 4.79 Å². The summed E-state index contributed by atoms with van der Waals surface area (Å²) in [6.45, 7) is 0.917. The van der Waals surface area contributed by atoms with E-state index in [4.69, 9.17) is 0 Å². The van der Waals surface area contributed by atoms with Gasteiger partial charge in [0.05, 0.1) is 4.90 Å². The number of amides is 1. The molecule has 6 heteroatoms. The van der Waals surface area contributed by atoms with E-state index in [0.29, 0.717) is 24.4 Å². The fourth-order valence-electron chi connectivity index (χ4n) is 4.15. The van der Waals surface area contributed by atoms with Crippen molar-refractivity contribution in [2.24, 2.45) is 5.92 Å². The molecule has 0 aromatic heterocycles. The summed E-state index contributed by atoms with van der Waals surface area (Å²) < 4.78 is 27.5. The fourth-order valence-corrected chi connectivity index (χ4v) is 5.72. The second-order valence-electron chi connectivity index (χ2n) is 6.93. The highest BCUT2D eigenvalue weighted by molar-refractivity contribution is 7.89. The Hall–Kier alpha value is -1.40. The van der Waals surface area contributed by atoms with Gasteiger partial charge in [-0.05, 0) is 61.3 Å². The minimum atomic E-state index is -3.47. The van der Waals surface area contributed by atoms with Crippen LogP contribution in [0.25, 0.3) is 0 Å². The molecule has 0 saturated carbocycles. The second-order valence-corrected chi connectivity index (χ2v) is 8.87. The van der Waals surface area contributed by atoms with Crippen LogP contribution >= 0.6 is 0 Å². The first-order chi connectivity index (χ1) is 11.0. The summed E-state index contributed by atoms with van der Waals surface area (Å²) in [6.07, 6.45) is 5.46. The van der Waals surface area contributed by atoms with Crippen LogP contribution in [0.1, 0.15) is 36.8 Å². The van der Waals surface area contributed by atoms with Gasteiger partial charge in [-0.1, -0.05) is 6.07 Å². The average molecular weight is 334 g/mol. The number of benzene rings is 1. The van der Waals surface area contributed by atoms with E-state index in [1.807, 2.05) is 12.1 Å². The Kier molecular flexibility index (Phi) is 3.69. The summed E-state index contributed by atoms with van der Waals surface area (Å²) in [5.74, 6) is 0.292. The van der Waals surface area contributed by atoms with E-state index in [-0.39, 0.29) is 17.9 Å². The third-order valence-electron chi connectivity index (χ3n) is 5.44. The Morgan fingerprint density at radius 3 is 2.74 bits per heavy atom. The van der Waals surface area contributed by atoms with E-state index in [2.05, 4.69) is 5.32 Å². The van der Waals surface area contributed by atoms with E-state index in [1.165, 1.54) is 11.1 Å². The van der Waals surface area contributed by atoms with Crippen molar-refractivity contribution in [2.75, 3.05) is 13.1 Å². The number of hydrogen-bond donors (Lipinski definition) is 1. The first kappa shape index (κ1) is 15.1. The molecule has 1 aliphatic carbocycles. The van der Waals surface area contributed by atoms with Crippen LogP contribution < -0.4 is 5.32 Å². The quantitative estimate of drug-likeness (QED) is 0.890. The normalized spacial score (nSPS) is 28.1. The maximum atomic E-state index is 13.0. The van der Waals surface area contributed by atoms with Crippen LogP contribution in [0.5, 0.6) is 0 Å². The van der Waals surface area contributed by atoms with Crippen LogP contribution in [0.3, 0.4) is 0 Å². The lowest BCUT2D eigenvalue weighted by atomic mass is 9.99. The predicted molar refractivity (Wildman–Crippen MR) is 86.5 cm³/mol. The highest BCUT2D eigenvalue weighted by Gasteiger charge is 2.40. The Balaban J connectivity index is 1.59. The largest absolute Gasteiger partial charge is 0.352 e. The zero-order valence-electron chi connectivity index (χ0n) is 13.1. The molecule has 0 spiro atoms. The third kappa shape index (κ3) is 2.68. The molecule has 5 nitrogen and oxygen atoms in total. The van der Waals surface area contributed by atoms with Crippen molar-refractivity contribution in [3.63, 3.8) is 0 Å². The van der Waals surface area contributed by atoms with Crippen LogP contribution in [0.15, 0.2) is 23.1 Å². The van der Waals surface area contributed by atoms with Gasteiger partial charge in [0.25, 0.3) is 0 Å². The van der Waals surface area contributed by atoms with Crippen LogP contribution in [0, 0.1) is 5.92 Å². The molecular weight excluding hydrogens is 312 g/mol. The van der Waals surface area contributed by atoms with Crippen LogP contribution in [0.4, 0.5) is 0 Å². The molecule has 3 aliphatic rings. The maximum Gasteiger partial charge on any atom is 0.243 e. The van der Waals surface area contributed by atoms with Gasteiger partial charge in [-0.25, -0.2) is 8.42 Å². The Bertz CT molecular complexity index is 744. The second kappa shape index (κ2) is 5.60. The van der Waals surface area contributed by atoms with Crippen molar-refractivity contribution < 1.29 is 13.2 Å². The molecule has 0 bridgehead atoms. The van der Waals surface area contributed by atoms with Gasteiger partial charge in [0.15, 0.2) is 0 Å². The first-order valence-electron chi connectivity index (χ1n) is 8.45. The summed E-state index contributed by atoms with van der Waals surface area (Å²) in [6, 6.07) is 5.52. The van der Waals surface area contributed by atoms with Crippen LogP contribution in [-0.2, 0) is 27.7 Å². The molecule has 0 radical (unpaired) electrons. The lowest BCUT2D eigenvalue weighted by molar-refractivity contribution is -0.121. The van der Waals surface area contributed by atoms with E-state index in [1.54, 1.807) is 10.4 Å². The Morgan fingerprint density at radius 2 is 1.87 bits per heavy atom. The molecule has 1 aromatic rings. The molecule has 124 valence electrons. The van der Waals surface area contributed by atoms with E-state index >= 15 is 0 Å². The lowest BCUT2D eigenvalue weighted by Crippen LogP contribution is -2.39. The van der Waals surface area contributed by atoms with Crippen molar-refractivity contribution in [2.45, 2.75) is 49.5 Å². The third-order valence-corrected chi connectivity index (χ3v) is 7.27. The number of aryl methyl sites for hydroxylation is 2. The molecule has 1 N–H and O–H groups in total. The van der Waals surface area contributed by atoms with Crippen molar-refractivity contribution in [1.82, 2.24) is 9.62 Å². The standard InChI is InChI=1S/C17H22N2O3S/c20-17-6-2-5-14-10-19(11-16(14)18-17)23(21,22)15-8-7-12-3-1-4-13(12)9-15/h7-9,14,16H,1-6,10-11H2,(H,18,20)/t14-,16+/m1/s1. The highest BCUT2D eigenvalue weighted by atomic mass is 32.2. The van der Waals surface area contributed by atoms with Crippen molar-refractivity contribution in [3.8, 4) is 0 Å². The fraction of sp³-hybridized carbons (Fsp3) is 0.588. The molecule has 2 heterocycles. The number of sulfonamides is 1. The molecule has 23 heavy (non-hydrogen) atoms. The van der Waals surface area contributed by atoms with Gasteiger partial charge < -0.3 is 5.32 Å². The molecule has 2 fully saturated rings. The van der Waals surface area contributed by atoms with Gasteiger partial charge in [0, 0.05) is 25.6 Å². The number of nitrogens with zero attached hydrogens (tertiary/aromatic N) is 1. The average Bonchev–Trinajstić information content (AvgIpc) is 3.10. The minimum absolute atomic E-state index is 0.0331. The SMILES string of the molecule is O=C1CCC[C@@H]2CN(S(=O)(=O)c3ccc4c(c3)CCC4)C[C@@H]2N1. The van der Waals surface area contributed by atoms with E-state index in [9.17, 15) is 13.2 Å². The lowest BCUT2D eigenvalue weighted by Gasteiger charge is -2.17. The molecule has 4 rings (SSSR count). The van der Waals surface area contributed by atoms with Gasteiger partial charge in [0.2, 0.25) is 15.9 Å². The highest BCUT2D eigenvalue weighted by Crippen LogP contribution is 2.31. The molecule has 1 amide bonds. The summed E-state index contributed by atoms with van der Waals surface area (Å²) in [4.78, 5) is 12.1. The van der Waals surface area contributed by atoms with Crippen molar-refractivity contribution >= 4 is 15.9 Å². The minimum Gasteiger partial charge on any atom is -0.352 e. The van der Waals surface area contributed by atoms with Crippen LogP contribution in [0.2, 0.25) is 0 Å². The van der Waals surface area contributed by atoms with Gasteiger partial charge >= 0.3 is 0 Å². The Labute approximate surface area is 137 Å². The molecule has 2 saturated heterocycles. The van der Waals surface area contributed by atoms with E-state index < -0.39 is 10.0 Å². The molecule has 2 atom stereocenters. The number of hydrogen-bond acceptors (Lipinski definition) is 3. The zero-order chi connectivity index (χ0) is 16.0. The number of carbonyl (C=O) groups is 1. The van der Waals surface area contributed by atoms with Gasteiger partial charge in [-0.15, -0.1) is 0 Å². The van der Waals surface area contributed by atoms with Gasteiger partial charge in [0.1, 0.15) is 0 Å². The molecule has 0 unspecified atom stereocenters. The summed E-state index contributed by atoms with van der Waals surface area (Å²) in [5, 5.41) is 2.99. The Morgan fingerprint density at radius 1 is 1.04 bits per heavy atom. The first-order valence-corrected chi connectivity index (χ1v) is 9.89. The summed E-state index contributed by atoms with van der Waals surface area (Å²) in [7, 11) is -3.47. The van der Waals surface area contributed by atoms with Crippen molar-refractivity contribution in [1.29, 1.82) is 0 Å². The van der Waals surface area contributed by atoms with Crippen molar-refractivity contribution in [3.05, 3.63) is 29.3 Å². The monoisotopic (exact) mass is 334 g/mol. The number of carbonyl (C=O) groups excluding carboxylic acids is 1. The summed E-state index contributed by atoms with van der Waals surface area (Å²) in [5.41, 5.74) is 2.45. The van der Waals surface area contributed by atoms with Gasteiger partial charge in [-0.2, -0.15) is 4.31 Å². The number of rotatable bonds is 2. The topological polar surface area (TPSA) is 66.5 Å².